The highest BCUT2D eigenvalue weighted by molar-refractivity contribution is 6.30. The highest BCUT2D eigenvalue weighted by atomic mass is 35.5. The monoisotopic (exact) mass is 353 g/mol. The number of nitrogens with zero attached hydrogens (tertiary/aromatic N) is 3. The maximum Gasteiger partial charge on any atom is 0.257 e. The van der Waals surface area contributed by atoms with Crippen LogP contribution < -0.4 is 0 Å². The van der Waals surface area contributed by atoms with Gasteiger partial charge in [-0.3, -0.25) is 4.79 Å². The molecule has 1 amide bonds. The summed E-state index contributed by atoms with van der Waals surface area (Å²) in [7, 11) is 0. The summed E-state index contributed by atoms with van der Waals surface area (Å²) in [5.74, 6) is 1.24. The molecule has 0 atom stereocenters. The minimum Gasteiger partial charge on any atom is -0.461 e. The van der Waals surface area contributed by atoms with E-state index in [1.54, 1.807) is 23.1 Å². The Balaban J connectivity index is 1.60. The number of fused-ring (bicyclic) bond motifs is 1. The van der Waals surface area contributed by atoms with Gasteiger partial charge in [0.15, 0.2) is 0 Å². The first-order valence-electron chi connectivity index (χ1n) is 8.05. The number of rotatable bonds is 2. The van der Waals surface area contributed by atoms with Gasteiger partial charge in [0.25, 0.3) is 5.91 Å². The number of carbonyl (C=O) groups is 1. The Labute approximate surface area is 150 Å². The molecular formula is C19H16ClN3O2. The maximum atomic E-state index is 12.9. The van der Waals surface area contributed by atoms with Gasteiger partial charge >= 0.3 is 0 Å². The molecule has 2 aromatic heterocycles. The average Bonchev–Trinajstić information content (AvgIpc) is 3.03. The molecule has 0 spiro atoms. The number of amides is 1. The van der Waals surface area contributed by atoms with Crippen molar-refractivity contribution in [3.05, 3.63) is 70.5 Å². The van der Waals surface area contributed by atoms with Gasteiger partial charge in [-0.15, -0.1) is 0 Å². The summed E-state index contributed by atoms with van der Waals surface area (Å²) in [4.78, 5) is 23.1. The van der Waals surface area contributed by atoms with Gasteiger partial charge in [-0.1, -0.05) is 11.6 Å². The molecule has 126 valence electrons. The third kappa shape index (κ3) is 3.03. The van der Waals surface area contributed by atoms with E-state index in [4.69, 9.17) is 16.0 Å². The predicted octanol–water partition coefficient (Wildman–Crippen LogP) is 3.90. The fourth-order valence-corrected chi connectivity index (χ4v) is 3.17. The molecule has 0 unspecified atom stereocenters. The van der Waals surface area contributed by atoms with Crippen LogP contribution in [0.5, 0.6) is 0 Å². The smallest absolute Gasteiger partial charge is 0.257 e. The van der Waals surface area contributed by atoms with Crippen molar-refractivity contribution >= 4 is 17.5 Å². The molecule has 6 heteroatoms. The van der Waals surface area contributed by atoms with Crippen molar-refractivity contribution in [3.8, 4) is 11.3 Å². The summed E-state index contributed by atoms with van der Waals surface area (Å²) in [5, 5.41) is 0.664. The van der Waals surface area contributed by atoms with Crippen LogP contribution in [0.4, 0.5) is 0 Å². The lowest BCUT2D eigenvalue weighted by Gasteiger charge is -2.27. The number of aryl methyl sites for hydroxylation is 1. The fourth-order valence-electron chi connectivity index (χ4n) is 3.04. The predicted molar refractivity (Wildman–Crippen MR) is 94.4 cm³/mol. The largest absolute Gasteiger partial charge is 0.461 e. The van der Waals surface area contributed by atoms with Crippen molar-refractivity contribution in [2.24, 2.45) is 0 Å². The van der Waals surface area contributed by atoms with E-state index in [0.717, 1.165) is 23.2 Å². The maximum absolute atomic E-state index is 12.9. The van der Waals surface area contributed by atoms with E-state index < -0.39 is 0 Å². The van der Waals surface area contributed by atoms with Gasteiger partial charge < -0.3 is 9.32 Å². The number of benzene rings is 1. The molecule has 1 aromatic carbocycles. The molecule has 0 N–H and O–H groups in total. The average molecular weight is 354 g/mol. The van der Waals surface area contributed by atoms with Crippen LogP contribution in [0.2, 0.25) is 5.02 Å². The zero-order valence-corrected chi connectivity index (χ0v) is 14.5. The SMILES string of the molecule is Cc1oc(-c2ccc(Cl)cc2)cc1C(=O)N1CCc2cncnc2C1. The quantitative estimate of drug-likeness (QED) is 0.701. The molecular weight excluding hydrogens is 338 g/mol. The van der Waals surface area contributed by atoms with Crippen LogP contribution in [0.25, 0.3) is 11.3 Å². The molecule has 1 aliphatic heterocycles. The second-order valence-corrected chi connectivity index (χ2v) is 6.50. The Morgan fingerprint density at radius 2 is 2.08 bits per heavy atom. The number of furan rings is 1. The third-order valence-electron chi connectivity index (χ3n) is 4.44. The fraction of sp³-hybridized carbons (Fsp3) is 0.211. The number of hydrogen-bond donors (Lipinski definition) is 0. The van der Waals surface area contributed by atoms with Gasteiger partial charge in [-0.2, -0.15) is 0 Å². The van der Waals surface area contributed by atoms with Gasteiger partial charge in [0.2, 0.25) is 0 Å². The van der Waals surface area contributed by atoms with Gasteiger partial charge in [0.05, 0.1) is 17.8 Å². The number of hydrogen-bond acceptors (Lipinski definition) is 4. The Bertz CT molecular complexity index is 934. The molecule has 25 heavy (non-hydrogen) atoms. The van der Waals surface area contributed by atoms with E-state index in [1.807, 2.05) is 25.3 Å². The summed E-state index contributed by atoms with van der Waals surface area (Å²) in [6, 6.07) is 9.16. The second-order valence-electron chi connectivity index (χ2n) is 6.06. The van der Waals surface area contributed by atoms with Gasteiger partial charge in [0.1, 0.15) is 17.8 Å². The van der Waals surface area contributed by atoms with E-state index in [0.29, 0.717) is 35.2 Å². The minimum absolute atomic E-state index is 0.0364. The Hall–Kier alpha value is -2.66. The summed E-state index contributed by atoms with van der Waals surface area (Å²) >= 11 is 5.93. The first-order valence-corrected chi connectivity index (χ1v) is 8.43. The minimum atomic E-state index is -0.0364. The topological polar surface area (TPSA) is 59.2 Å². The van der Waals surface area contributed by atoms with E-state index in [-0.39, 0.29) is 5.91 Å². The molecule has 0 fully saturated rings. The zero-order chi connectivity index (χ0) is 17.4. The van der Waals surface area contributed by atoms with Crippen molar-refractivity contribution in [2.45, 2.75) is 19.9 Å². The highest BCUT2D eigenvalue weighted by Gasteiger charge is 2.25. The lowest BCUT2D eigenvalue weighted by atomic mass is 10.1. The van der Waals surface area contributed by atoms with Gasteiger partial charge in [0, 0.05) is 23.3 Å². The van der Waals surface area contributed by atoms with E-state index in [1.165, 1.54) is 6.33 Å². The molecule has 5 nitrogen and oxygen atoms in total. The Morgan fingerprint density at radius 1 is 1.28 bits per heavy atom. The molecule has 3 aromatic rings. The second kappa shape index (κ2) is 6.33. The molecule has 0 aliphatic carbocycles. The van der Waals surface area contributed by atoms with Crippen molar-refractivity contribution in [1.82, 2.24) is 14.9 Å². The van der Waals surface area contributed by atoms with Crippen molar-refractivity contribution < 1.29 is 9.21 Å². The van der Waals surface area contributed by atoms with Crippen LogP contribution in [0, 0.1) is 6.92 Å². The van der Waals surface area contributed by atoms with E-state index in [9.17, 15) is 4.79 Å². The lowest BCUT2D eigenvalue weighted by Crippen LogP contribution is -2.36. The normalized spacial score (nSPS) is 13.6. The molecule has 4 rings (SSSR count). The number of carbonyl (C=O) groups excluding carboxylic acids is 1. The first-order chi connectivity index (χ1) is 12.1. The molecule has 1 aliphatic rings. The van der Waals surface area contributed by atoms with Gasteiger partial charge in [-0.05, 0) is 49.2 Å². The number of aromatic nitrogens is 2. The standard InChI is InChI=1S/C19H16ClN3O2/c1-12-16(8-18(25-12)13-2-4-15(20)5-3-13)19(24)23-7-6-14-9-21-11-22-17(14)10-23/h2-5,8-9,11H,6-7,10H2,1H3. The first kappa shape index (κ1) is 15.8. The molecule has 0 radical (unpaired) electrons. The zero-order valence-electron chi connectivity index (χ0n) is 13.7. The summed E-state index contributed by atoms with van der Waals surface area (Å²) in [6.45, 7) is 2.96. The molecule has 0 saturated carbocycles. The van der Waals surface area contributed by atoms with Gasteiger partial charge in [-0.25, -0.2) is 9.97 Å². The Kier molecular flexibility index (Phi) is 4.01. The lowest BCUT2D eigenvalue weighted by molar-refractivity contribution is 0.0730. The molecule has 0 saturated heterocycles. The van der Waals surface area contributed by atoms with Crippen LogP contribution in [-0.2, 0) is 13.0 Å². The van der Waals surface area contributed by atoms with E-state index in [2.05, 4.69) is 9.97 Å². The Morgan fingerprint density at radius 3 is 2.88 bits per heavy atom. The van der Waals surface area contributed by atoms with Crippen LogP contribution >= 0.6 is 11.6 Å². The third-order valence-corrected chi connectivity index (χ3v) is 4.69. The molecule has 3 heterocycles. The van der Waals surface area contributed by atoms with Crippen LogP contribution in [0.15, 0.2) is 47.3 Å². The van der Waals surface area contributed by atoms with Crippen molar-refractivity contribution in [1.29, 1.82) is 0 Å². The number of halogens is 1. The van der Waals surface area contributed by atoms with Crippen LogP contribution in [0.1, 0.15) is 27.4 Å². The van der Waals surface area contributed by atoms with E-state index >= 15 is 0 Å². The van der Waals surface area contributed by atoms with Crippen LogP contribution in [-0.4, -0.2) is 27.3 Å². The summed E-state index contributed by atoms with van der Waals surface area (Å²) in [6.07, 6.45) is 4.11. The summed E-state index contributed by atoms with van der Waals surface area (Å²) < 4.78 is 5.81. The van der Waals surface area contributed by atoms with Crippen LogP contribution in [0.3, 0.4) is 0 Å². The molecule has 0 bridgehead atoms. The van der Waals surface area contributed by atoms with Crippen molar-refractivity contribution in [3.63, 3.8) is 0 Å². The summed E-state index contributed by atoms with van der Waals surface area (Å²) in [5.41, 5.74) is 3.50. The van der Waals surface area contributed by atoms with Crippen molar-refractivity contribution in [2.75, 3.05) is 6.54 Å². The highest BCUT2D eigenvalue weighted by Crippen LogP contribution is 2.28.